The molecule has 3 aromatic rings. The summed E-state index contributed by atoms with van der Waals surface area (Å²) in [7, 11) is 0. The second-order valence-corrected chi connectivity index (χ2v) is 5.15. The highest BCUT2D eigenvalue weighted by molar-refractivity contribution is 7.13. The van der Waals surface area contributed by atoms with Crippen molar-refractivity contribution < 1.29 is 14.3 Å². The molecule has 0 bridgehead atoms. The van der Waals surface area contributed by atoms with Crippen LogP contribution in [-0.2, 0) is 0 Å². The molecule has 0 aliphatic carbocycles. The molecule has 0 spiro atoms. The molecule has 0 atom stereocenters. The van der Waals surface area contributed by atoms with Gasteiger partial charge in [-0.1, -0.05) is 6.07 Å². The van der Waals surface area contributed by atoms with Crippen molar-refractivity contribution in [1.29, 1.82) is 0 Å². The van der Waals surface area contributed by atoms with Crippen LogP contribution in [0.4, 0.5) is 0 Å². The zero-order chi connectivity index (χ0) is 14.1. The van der Waals surface area contributed by atoms with Crippen molar-refractivity contribution in [2.75, 3.05) is 0 Å². The first kappa shape index (κ1) is 12.6. The zero-order valence-electron chi connectivity index (χ0n) is 10.5. The lowest BCUT2D eigenvalue weighted by atomic mass is 10.1. The van der Waals surface area contributed by atoms with E-state index in [2.05, 4.69) is 10.2 Å². The lowest BCUT2D eigenvalue weighted by Crippen LogP contribution is -1.95. The molecule has 0 unspecified atom stereocenters. The normalized spacial score (nSPS) is 10.7. The Kier molecular flexibility index (Phi) is 3.08. The van der Waals surface area contributed by atoms with Crippen LogP contribution in [0.5, 0.6) is 0 Å². The summed E-state index contributed by atoms with van der Waals surface area (Å²) in [5.41, 5.74) is 1.86. The van der Waals surface area contributed by atoms with E-state index in [4.69, 9.17) is 9.52 Å². The third kappa shape index (κ3) is 2.21. The van der Waals surface area contributed by atoms with Crippen LogP contribution in [0, 0.1) is 6.92 Å². The van der Waals surface area contributed by atoms with Crippen molar-refractivity contribution >= 4 is 17.3 Å². The maximum absolute atomic E-state index is 11.0. The maximum atomic E-state index is 11.0. The minimum absolute atomic E-state index is 0.189. The van der Waals surface area contributed by atoms with Crippen LogP contribution in [0.25, 0.3) is 22.2 Å². The number of aromatic carboxylic acids is 1. The fourth-order valence-electron chi connectivity index (χ4n) is 1.81. The first-order valence-corrected chi connectivity index (χ1v) is 6.75. The molecule has 5 nitrogen and oxygen atoms in total. The van der Waals surface area contributed by atoms with E-state index >= 15 is 0 Å². The van der Waals surface area contributed by atoms with Gasteiger partial charge in [0, 0.05) is 5.56 Å². The third-order valence-electron chi connectivity index (χ3n) is 2.84. The van der Waals surface area contributed by atoms with Gasteiger partial charge >= 0.3 is 5.97 Å². The molecule has 0 aliphatic rings. The Bertz CT molecular complexity index is 776. The Balaban J connectivity index is 2.00. The Morgan fingerprint density at radius 2 is 2.05 bits per heavy atom. The Morgan fingerprint density at radius 3 is 2.75 bits per heavy atom. The first-order chi connectivity index (χ1) is 9.65. The minimum atomic E-state index is -0.985. The smallest absolute Gasteiger partial charge is 0.335 e. The molecule has 1 N–H and O–H groups in total. The van der Waals surface area contributed by atoms with Crippen LogP contribution < -0.4 is 0 Å². The van der Waals surface area contributed by atoms with Gasteiger partial charge < -0.3 is 9.52 Å². The van der Waals surface area contributed by atoms with Crippen LogP contribution in [0.1, 0.15) is 15.9 Å². The highest BCUT2D eigenvalue weighted by Crippen LogP contribution is 2.30. The molecule has 0 aliphatic heterocycles. The average Bonchev–Trinajstić information content (AvgIpc) is 3.07. The molecule has 6 heteroatoms. The van der Waals surface area contributed by atoms with Crippen molar-refractivity contribution in [2.24, 2.45) is 0 Å². The van der Waals surface area contributed by atoms with Crippen LogP contribution in [-0.4, -0.2) is 21.3 Å². The summed E-state index contributed by atoms with van der Waals surface area (Å²) in [4.78, 5) is 11.9. The second-order valence-electron chi connectivity index (χ2n) is 4.23. The van der Waals surface area contributed by atoms with Gasteiger partial charge in [-0.15, -0.1) is 21.5 Å². The monoisotopic (exact) mass is 286 g/mol. The second kappa shape index (κ2) is 4.90. The number of carboxylic acids is 1. The van der Waals surface area contributed by atoms with Gasteiger partial charge in [0.2, 0.25) is 5.89 Å². The van der Waals surface area contributed by atoms with Gasteiger partial charge in [0.05, 0.1) is 10.4 Å². The molecule has 0 amide bonds. The molecule has 0 saturated heterocycles. The van der Waals surface area contributed by atoms with Gasteiger partial charge in [0.1, 0.15) is 0 Å². The van der Waals surface area contributed by atoms with Crippen molar-refractivity contribution in [3.63, 3.8) is 0 Å². The van der Waals surface area contributed by atoms with Gasteiger partial charge in [-0.2, -0.15) is 0 Å². The fourth-order valence-corrected chi connectivity index (χ4v) is 2.65. The van der Waals surface area contributed by atoms with Crippen molar-refractivity contribution in [3.8, 4) is 22.2 Å². The van der Waals surface area contributed by atoms with E-state index in [-0.39, 0.29) is 5.56 Å². The Morgan fingerprint density at radius 1 is 1.25 bits per heavy atom. The average molecular weight is 286 g/mol. The summed E-state index contributed by atoms with van der Waals surface area (Å²) in [5.74, 6) is -0.218. The van der Waals surface area contributed by atoms with E-state index < -0.39 is 5.97 Å². The van der Waals surface area contributed by atoms with Crippen LogP contribution in [0.2, 0.25) is 0 Å². The van der Waals surface area contributed by atoms with E-state index in [1.807, 2.05) is 18.4 Å². The Labute approximate surface area is 118 Å². The van der Waals surface area contributed by atoms with E-state index in [0.29, 0.717) is 17.3 Å². The SMILES string of the molecule is Cc1ccsc1-c1nnc(-c2cccc(C(=O)O)c2)o1. The number of benzene rings is 1. The molecular formula is C14H10N2O3S. The highest BCUT2D eigenvalue weighted by atomic mass is 32.1. The van der Waals surface area contributed by atoms with Gasteiger partial charge in [0.15, 0.2) is 0 Å². The molecule has 0 radical (unpaired) electrons. The number of rotatable bonds is 3. The van der Waals surface area contributed by atoms with E-state index in [1.54, 1.807) is 12.1 Å². The Hall–Kier alpha value is -2.47. The predicted octanol–water partition coefficient (Wildman–Crippen LogP) is 3.47. The zero-order valence-corrected chi connectivity index (χ0v) is 11.3. The number of carboxylic acid groups (broad SMARTS) is 1. The lowest BCUT2D eigenvalue weighted by Gasteiger charge is -1.97. The predicted molar refractivity (Wildman–Crippen MR) is 74.7 cm³/mol. The molecule has 0 fully saturated rings. The number of aryl methyl sites for hydroxylation is 1. The van der Waals surface area contributed by atoms with Gasteiger partial charge in [0.25, 0.3) is 5.89 Å². The summed E-state index contributed by atoms with van der Waals surface area (Å²) in [5, 5.41) is 18.9. The van der Waals surface area contributed by atoms with E-state index in [1.165, 1.54) is 23.5 Å². The van der Waals surface area contributed by atoms with Gasteiger partial charge in [-0.25, -0.2) is 4.79 Å². The van der Waals surface area contributed by atoms with Crippen LogP contribution in [0.15, 0.2) is 40.1 Å². The summed E-state index contributed by atoms with van der Waals surface area (Å²) >= 11 is 1.53. The van der Waals surface area contributed by atoms with Gasteiger partial charge in [-0.3, -0.25) is 0 Å². The van der Waals surface area contributed by atoms with Crippen molar-refractivity contribution in [3.05, 3.63) is 46.8 Å². The number of aromatic nitrogens is 2. The summed E-state index contributed by atoms with van der Waals surface area (Å²) in [6.07, 6.45) is 0. The van der Waals surface area contributed by atoms with Crippen LogP contribution >= 0.6 is 11.3 Å². The molecule has 0 saturated carbocycles. The van der Waals surface area contributed by atoms with Crippen LogP contribution in [0.3, 0.4) is 0 Å². The van der Waals surface area contributed by atoms with Crippen molar-refractivity contribution in [1.82, 2.24) is 10.2 Å². The maximum Gasteiger partial charge on any atom is 0.335 e. The molecule has 1 aromatic carbocycles. The van der Waals surface area contributed by atoms with E-state index in [9.17, 15) is 4.79 Å². The first-order valence-electron chi connectivity index (χ1n) is 5.87. The topological polar surface area (TPSA) is 76.2 Å². The summed E-state index contributed by atoms with van der Waals surface area (Å²) in [6, 6.07) is 8.41. The molecule has 20 heavy (non-hydrogen) atoms. The highest BCUT2D eigenvalue weighted by Gasteiger charge is 2.14. The molecular weight excluding hydrogens is 276 g/mol. The molecule has 2 heterocycles. The fraction of sp³-hybridized carbons (Fsp3) is 0.0714. The standard InChI is InChI=1S/C14H10N2O3S/c1-8-5-6-20-11(8)13-16-15-12(19-13)9-3-2-4-10(7-9)14(17)18/h2-7H,1H3,(H,17,18). The third-order valence-corrected chi connectivity index (χ3v) is 3.84. The number of nitrogens with zero attached hydrogens (tertiary/aromatic N) is 2. The van der Waals surface area contributed by atoms with Crippen molar-refractivity contribution in [2.45, 2.75) is 6.92 Å². The quantitative estimate of drug-likeness (QED) is 0.797. The number of carbonyl (C=O) groups is 1. The number of hydrogen-bond acceptors (Lipinski definition) is 5. The summed E-state index contributed by atoms with van der Waals surface area (Å²) in [6.45, 7) is 1.97. The lowest BCUT2D eigenvalue weighted by molar-refractivity contribution is 0.0697. The molecule has 2 aromatic heterocycles. The number of hydrogen-bond donors (Lipinski definition) is 1. The summed E-state index contributed by atoms with van der Waals surface area (Å²) < 4.78 is 5.62. The molecule has 100 valence electrons. The largest absolute Gasteiger partial charge is 0.478 e. The molecule has 3 rings (SSSR count). The van der Waals surface area contributed by atoms with Gasteiger partial charge in [-0.05, 0) is 42.1 Å². The van der Waals surface area contributed by atoms with E-state index in [0.717, 1.165) is 10.4 Å². The minimum Gasteiger partial charge on any atom is -0.478 e. The number of thiophene rings is 1.